The van der Waals surface area contributed by atoms with Crippen molar-refractivity contribution in [2.75, 3.05) is 17.7 Å². The summed E-state index contributed by atoms with van der Waals surface area (Å²) in [4.78, 5) is 11.3. The number of para-hydroxylation sites is 1. The van der Waals surface area contributed by atoms with E-state index in [-0.39, 0.29) is 36.0 Å². The number of carbonyl (C=O) groups excluding carboxylic acids is 1. The van der Waals surface area contributed by atoms with Gasteiger partial charge in [-0.1, -0.05) is 6.07 Å². The van der Waals surface area contributed by atoms with Gasteiger partial charge in [-0.3, -0.25) is 0 Å². The largest absolute Gasteiger partial charge is 0.462 e. The third-order valence-corrected chi connectivity index (χ3v) is 1.76. The number of ether oxygens (including phenoxy) is 1. The van der Waals surface area contributed by atoms with Crippen molar-refractivity contribution in [2.45, 2.75) is 6.92 Å². The van der Waals surface area contributed by atoms with Crippen LogP contribution in [0.1, 0.15) is 17.3 Å². The summed E-state index contributed by atoms with van der Waals surface area (Å²) in [5.74, 6) is -0.713. The molecule has 0 aliphatic heterocycles. The van der Waals surface area contributed by atoms with E-state index in [1.807, 2.05) is 0 Å². The second-order valence-corrected chi connectivity index (χ2v) is 2.64. The van der Waals surface area contributed by atoms with E-state index in [1.165, 1.54) is 29.3 Å². The minimum Gasteiger partial charge on any atom is -0.462 e. The van der Waals surface area contributed by atoms with Crippen LogP contribution in [0.2, 0.25) is 0 Å². The molecule has 0 radical (unpaired) electrons. The highest BCUT2D eigenvalue weighted by Gasteiger charge is 2.15. The molecule has 16 heavy (non-hydrogen) atoms. The van der Waals surface area contributed by atoms with Crippen LogP contribution in [0.3, 0.4) is 0 Å². The molecule has 4 nitrogen and oxygen atoms in total. The van der Waals surface area contributed by atoms with Crippen LogP contribution in [0, 0.1) is 0 Å². The molecule has 90 valence electrons. The summed E-state index contributed by atoms with van der Waals surface area (Å²) in [7, 11) is 0. The molecule has 0 bridgehead atoms. The Morgan fingerprint density at radius 1 is 1.38 bits per heavy atom. The van der Waals surface area contributed by atoms with E-state index >= 15 is 0 Å². The van der Waals surface area contributed by atoms with Gasteiger partial charge in [-0.15, -0.1) is 21.4 Å². The topological polar surface area (TPSA) is 50.4 Å². The number of hydrogen-bond acceptors (Lipinski definition) is 4. The van der Waals surface area contributed by atoms with Crippen molar-refractivity contribution in [1.82, 2.24) is 0 Å². The molecule has 0 atom stereocenters. The van der Waals surface area contributed by atoms with Crippen molar-refractivity contribution in [2.24, 2.45) is 0 Å². The molecule has 0 spiro atoms. The molecule has 1 aromatic rings. The summed E-state index contributed by atoms with van der Waals surface area (Å²) < 4.78 is 29.2. The Labute approximate surface area is 97.3 Å². The fraction of sp³-hybridized carbons (Fsp3) is 0.222. The molecule has 1 rings (SSSR count). The highest BCUT2D eigenvalue weighted by Crippen LogP contribution is 2.27. The van der Waals surface area contributed by atoms with Gasteiger partial charge in [-0.25, -0.2) is 15.9 Å². The lowest BCUT2D eigenvalue weighted by molar-refractivity contribution is 0.0527. The Bertz CT molecular complexity index is 363. The van der Waals surface area contributed by atoms with Crippen molar-refractivity contribution < 1.29 is 18.5 Å². The lowest BCUT2D eigenvalue weighted by Crippen LogP contribution is -2.08. The number of anilines is 2. The van der Waals surface area contributed by atoms with Crippen LogP contribution in [0.25, 0.3) is 0 Å². The minimum atomic E-state index is -0.713. The molecular formula is C9H11ClF2N2O2. The fourth-order valence-electron chi connectivity index (χ4n) is 1.11. The van der Waals surface area contributed by atoms with Gasteiger partial charge in [0.25, 0.3) is 0 Å². The van der Waals surface area contributed by atoms with Gasteiger partial charge in [0.2, 0.25) is 0 Å². The van der Waals surface area contributed by atoms with Crippen LogP contribution < -0.4 is 11.1 Å². The summed E-state index contributed by atoms with van der Waals surface area (Å²) in [6, 6.07) is 4.03. The molecular weight excluding hydrogens is 242 g/mol. The third kappa shape index (κ3) is 2.96. The summed E-state index contributed by atoms with van der Waals surface area (Å²) in [6.07, 6.45) is 0. The number of esters is 1. The standard InChI is InChI=1S/C9H10F2N2O2.ClH/c1-2-15-9(14)6-4-3-5-7(12-10)8(6)13-11;/h3-5,12-13H,2H2,1H3;1H. The van der Waals surface area contributed by atoms with Gasteiger partial charge in [0.1, 0.15) is 5.69 Å². The number of carbonyl (C=O) groups is 1. The SMILES string of the molecule is CCOC(=O)c1cccc(NF)c1NF.Cl. The number of halogens is 3. The monoisotopic (exact) mass is 252 g/mol. The van der Waals surface area contributed by atoms with Gasteiger partial charge in [0, 0.05) is 0 Å². The Morgan fingerprint density at radius 3 is 2.56 bits per heavy atom. The van der Waals surface area contributed by atoms with E-state index < -0.39 is 5.97 Å². The van der Waals surface area contributed by atoms with Crippen LogP contribution in [0.5, 0.6) is 0 Å². The normalized spacial score (nSPS) is 8.94. The van der Waals surface area contributed by atoms with Gasteiger partial charge < -0.3 is 4.74 Å². The van der Waals surface area contributed by atoms with Gasteiger partial charge in [0.15, 0.2) is 0 Å². The molecule has 0 aliphatic carbocycles. The smallest absolute Gasteiger partial charge is 0.340 e. The Balaban J connectivity index is 0.00000225. The van der Waals surface area contributed by atoms with Crippen LogP contribution >= 0.6 is 12.4 Å². The van der Waals surface area contributed by atoms with Gasteiger partial charge in [-0.2, -0.15) is 0 Å². The maximum Gasteiger partial charge on any atom is 0.340 e. The van der Waals surface area contributed by atoms with Gasteiger partial charge >= 0.3 is 5.97 Å². The van der Waals surface area contributed by atoms with Crippen LogP contribution in [-0.2, 0) is 4.74 Å². The maximum atomic E-state index is 12.4. The average molecular weight is 253 g/mol. The van der Waals surface area contributed by atoms with Gasteiger partial charge in [-0.05, 0) is 19.1 Å². The summed E-state index contributed by atoms with van der Waals surface area (Å²) in [5.41, 5.74) is 2.01. The number of hydrogen-bond donors (Lipinski definition) is 2. The Hall–Kier alpha value is -1.56. The maximum absolute atomic E-state index is 12.4. The van der Waals surface area contributed by atoms with Crippen LogP contribution in [0.15, 0.2) is 18.2 Å². The summed E-state index contributed by atoms with van der Waals surface area (Å²) in [6.45, 7) is 1.79. The highest BCUT2D eigenvalue weighted by atomic mass is 35.5. The molecule has 0 aromatic heterocycles. The highest BCUT2D eigenvalue weighted by molar-refractivity contribution is 5.98. The van der Waals surface area contributed by atoms with Crippen molar-refractivity contribution in [3.8, 4) is 0 Å². The van der Waals surface area contributed by atoms with E-state index in [4.69, 9.17) is 0 Å². The van der Waals surface area contributed by atoms with Crippen molar-refractivity contribution >= 4 is 29.8 Å². The molecule has 1 aromatic carbocycles. The first kappa shape index (κ1) is 14.4. The number of nitrogens with one attached hydrogen (secondary N) is 2. The second kappa shape index (κ2) is 6.84. The zero-order valence-electron chi connectivity index (χ0n) is 8.42. The van der Waals surface area contributed by atoms with E-state index in [0.717, 1.165) is 0 Å². The Morgan fingerprint density at radius 2 is 2.06 bits per heavy atom. The molecule has 2 N–H and O–H groups in total. The molecule has 7 heteroatoms. The average Bonchev–Trinajstić information content (AvgIpc) is 2.28. The van der Waals surface area contributed by atoms with Crippen LogP contribution in [0.4, 0.5) is 20.3 Å². The third-order valence-electron chi connectivity index (χ3n) is 1.76. The molecule has 0 saturated heterocycles. The van der Waals surface area contributed by atoms with Gasteiger partial charge in [0.05, 0.1) is 17.9 Å². The fourth-order valence-corrected chi connectivity index (χ4v) is 1.11. The quantitative estimate of drug-likeness (QED) is 0.639. The number of benzene rings is 1. The summed E-state index contributed by atoms with van der Waals surface area (Å²) in [5, 5.41) is 0. The van der Waals surface area contributed by atoms with Crippen molar-refractivity contribution in [3.05, 3.63) is 23.8 Å². The lowest BCUT2D eigenvalue weighted by atomic mass is 10.1. The van der Waals surface area contributed by atoms with E-state index in [1.54, 1.807) is 6.92 Å². The summed E-state index contributed by atoms with van der Waals surface area (Å²) >= 11 is 0. The first-order chi connectivity index (χ1) is 7.24. The Kier molecular flexibility index (Phi) is 6.17. The van der Waals surface area contributed by atoms with E-state index in [0.29, 0.717) is 0 Å². The van der Waals surface area contributed by atoms with Crippen molar-refractivity contribution in [1.29, 1.82) is 0 Å². The van der Waals surface area contributed by atoms with E-state index in [2.05, 4.69) is 4.74 Å². The zero-order valence-corrected chi connectivity index (χ0v) is 9.24. The molecule has 0 saturated carbocycles. The first-order valence-corrected chi connectivity index (χ1v) is 4.28. The van der Waals surface area contributed by atoms with E-state index in [9.17, 15) is 13.8 Å². The molecule has 0 fully saturated rings. The number of rotatable bonds is 4. The molecule has 0 unspecified atom stereocenters. The van der Waals surface area contributed by atoms with Crippen molar-refractivity contribution in [3.63, 3.8) is 0 Å². The first-order valence-electron chi connectivity index (χ1n) is 4.28. The predicted molar refractivity (Wildman–Crippen MR) is 59.1 cm³/mol. The molecule has 0 amide bonds. The predicted octanol–water partition coefficient (Wildman–Crippen LogP) is 2.88. The molecule has 0 aliphatic rings. The zero-order chi connectivity index (χ0) is 11.3. The minimum absolute atomic E-state index is 0. The molecule has 0 heterocycles. The second-order valence-electron chi connectivity index (χ2n) is 2.64. The van der Waals surface area contributed by atoms with Crippen LogP contribution in [-0.4, -0.2) is 12.6 Å². The lowest BCUT2D eigenvalue weighted by Gasteiger charge is -2.09.